The van der Waals surface area contributed by atoms with Gasteiger partial charge in [-0.15, -0.1) is 0 Å². The smallest absolute Gasteiger partial charge is 0.0704 e. The first-order valence-electron chi connectivity index (χ1n) is 5.50. The van der Waals surface area contributed by atoms with Crippen LogP contribution in [0.5, 0.6) is 0 Å². The van der Waals surface area contributed by atoms with E-state index in [1.54, 1.807) is 0 Å². The molecule has 2 aliphatic rings. The van der Waals surface area contributed by atoms with Crippen LogP contribution in [0.2, 0.25) is 0 Å². The molecule has 0 spiro atoms. The molecule has 1 atom stereocenters. The lowest BCUT2D eigenvalue weighted by Gasteiger charge is -2.13. The van der Waals surface area contributed by atoms with Gasteiger partial charge in [-0.05, 0) is 35.3 Å². The molecule has 1 nitrogen and oxygen atoms in total. The van der Waals surface area contributed by atoms with Crippen molar-refractivity contribution in [3.05, 3.63) is 60.5 Å². The quantitative estimate of drug-likeness (QED) is 0.684. The van der Waals surface area contributed by atoms with E-state index in [2.05, 4.69) is 42.4 Å². The van der Waals surface area contributed by atoms with Crippen LogP contribution in [0, 0.1) is 5.92 Å². The van der Waals surface area contributed by atoms with Crippen LogP contribution in [0.4, 0.5) is 0 Å². The molecule has 3 rings (SSSR count). The lowest BCUT2D eigenvalue weighted by Crippen LogP contribution is -1.98. The van der Waals surface area contributed by atoms with Gasteiger partial charge in [-0.1, -0.05) is 31.4 Å². The largest absolute Gasteiger partial charge is 0.256 e. The monoisotopic (exact) mass is 207 g/mol. The summed E-state index contributed by atoms with van der Waals surface area (Å²) in [6.45, 7) is 8.05. The minimum Gasteiger partial charge on any atom is -0.256 e. The Kier molecular flexibility index (Phi) is 1.93. The van der Waals surface area contributed by atoms with Gasteiger partial charge >= 0.3 is 0 Å². The summed E-state index contributed by atoms with van der Waals surface area (Å²) in [5.74, 6) is 0.447. The van der Waals surface area contributed by atoms with E-state index in [9.17, 15) is 0 Å². The molecule has 78 valence electrons. The average Bonchev–Trinajstić information content (AvgIpc) is 2.64. The molecule has 1 aromatic rings. The van der Waals surface area contributed by atoms with Gasteiger partial charge in [0.15, 0.2) is 0 Å². The molecule has 0 aromatic carbocycles. The number of rotatable bonds is 1. The summed E-state index contributed by atoms with van der Waals surface area (Å²) in [4.78, 5) is 4.35. The molecule has 1 heteroatoms. The summed E-state index contributed by atoms with van der Waals surface area (Å²) in [5, 5.41) is 0. The van der Waals surface area contributed by atoms with Crippen LogP contribution in [0.3, 0.4) is 0 Å². The Morgan fingerprint density at radius 1 is 1.44 bits per heavy atom. The number of aromatic nitrogens is 1. The Bertz CT molecular complexity index is 547. The van der Waals surface area contributed by atoms with Crippen molar-refractivity contribution in [1.82, 2.24) is 4.98 Å². The Morgan fingerprint density at radius 3 is 3.12 bits per heavy atom. The average molecular weight is 207 g/mol. The number of pyridine rings is 1. The first-order chi connectivity index (χ1) is 7.83. The van der Waals surface area contributed by atoms with Gasteiger partial charge in [-0.25, -0.2) is 0 Å². The molecule has 0 amide bonds. The summed E-state index contributed by atoms with van der Waals surface area (Å²) < 4.78 is 0. The molecule has 0 fully saturated rings. The molecule has 1 unspecified atom stereocenters. The van der Waals surface area contributed by atoms with Crippen molar-refractivity contribution in [3.63, 3.8) is 0 Å². The standard InChI is InChI=1S/C15H13N/c1-3-14-15-10(2)11-6-4-5-7-12(11)13(15)8-9-16-14/h3-5,7-9,11H,1-2,6H2. The first-order valence-corrected chi connectivity index (χ1v) is 5.50. The van der Waals surface area contributed by atoms with Crippen LogP contribution in [0.25, 0.3) is 17.2 Å². The minimum absolute atomic E-state index is 0.447. The molecular formula is C15H13N. The lowest BCUT2D eigenvalue weighted by atomic mass is 9.90. The highest BCUT2D eigenvalue weighted by Crippen LogP contribution is 2.48. The van der Waals surface area contributed by atoms with Crippen molar-refractivity contribution < 1.29 is 0 Å². The van der Waals surface area contributed by atoms with E-state index in [4.69, 9.17) is 0 Å². The van der Waals surface area contributed by atoms with E-state index in [1.165, 1.54) is 22.3 Å². The maximum atomic E-state index is 4.35. The molecule has 0 aliphatic heterocycles. The van der Waals surface area contributed by atoms with Gasteiger partial charge in [0.25, 0.3) is 0 Å². The van der Waals surface area contributed by atoms with Crippen molar-refractivity contribution >= 4 is 17.2 Å². The van der Waals surface area contributed by atoms with E-state index < -0.39 is 0 Å². The van der Waals surface area contributed by atoms with Crippen LogP contribution in [-0.4, -0.2) is 4.98 Å². The first kappa shape index (κ1) is 9.34. The number of nitrogens with zero attached hydrogens (tertiary/aromatic N) is 1. The predicted molar refractivity (Wildman–Crippen MR) is 68.6 cm³/mol. The van der Waals surface area contributed by atoms with Crippen molar-refractivity contribution in [2.45, 2.75) is 6.42 Å². The van der Waals surface area contributed by atoms with E-state index in [-0.39, 0.29) is 0 Å². The fourth-order valence-electron chi connectivity index (χ4n) is 2.62. The van der Waals surface area contributed by atoms with Crippen LogP contribution >= 0.6 is 0 Å². The predicted octanol–water partition coefficient (Wildman–Crippen LogP) is 3.71. The molecule has 1 aromatic heterocycles. The van der Waals surface area contributed by atoms with Crippen LogP contribution in [-0.2, 0) is 0 Å². The van der Waals surface area contributed by atoms with E-state index >= 15 is 0 Å². The molecule has 0 saturated heterocycles. The Morgan fingerprint density at radius 2 is 2.31 bits per heavy atom. The van der Waals surface area contributed by atoms with Crippen molar-refractivity contribution in [3.8, 4) is 0 Å². The van der Waals surface area contributed by atoms with Crippen molar-refractivity contribution in [1.29, 1.82) is 0 Å². The van der Waals surface area contributed by atoms with Gasteiger partial charge in [0.1, 0.15) is 0 Å². The number of hydrogen-bond donors (Lipinski definition) is 0. The van der Waals surface area contributed by atoms with Gasteiger partial charge in [0.2, 0.25) is 0 Å². The van der Waals surface area contributed by atoms with Gasteiger partial charge in [-0.3, -0.25) is 4.98 Å². The Balaban J connectivity index is 2.30. The lowest BCUT2D eigenvalue weighted by molar-refractivity contribution is 0.888. The Hall–Kier alpha value is -1.89. The Labute approximate surface area is 95.5 Å². The van der Waals surface area contributed by atoms with E-state index in [1.807, 2.05) is 12.3 Å². The molecule has 0 saturated carbocycles. The normalized spacial score (nSPS) is 21.4. The van der Waals surface area contributed by atoms with Gasteiger partial charge < -0.3 is 0 Å². The third-order valence-corrected chi connectivity index (χ3v) is 3.39. The molecule has 0 radical (unpaired) electrons. The molecule has 1 heterocycles. The zero-order valence-corrected chi connectivity index (χ0v) is 9.11. The van der Waals surface area contributed by atoms with E-state index in [0.717, 1.165) is 12.1 Å². The highest BCUT2D eigenvalue weighted by atomic mass is 14.7. The fourth-order valence-corrected chi connectivity index (χ4v) is 2.62. The zero-order chi connectivity index (χ0) is 11.1. The van der Waals surface area contributed by atoms with Crippen molar-refractivity contribution in [2.24, 2.45) is 5.92 Å². The number of hydrogen-bond acceptors (Lipinski definition) is 1. The molecule has 0 bridgehead atoms. The second-order valence-electron chi connectivity index (χ2n) is 4.19. The minimum atomic E-state index is 0.447. The maximum Gasteiger partial charge on any atom is 0.0704 e. The summed E-state index contributed by atoms with van der Waals surface area (Å²) in [6, 6.07) is 2.08. The van der Waals surface area contributed by atoms with Crippen molar-refractivity contribution in [2.75, 3.05) is 0 Å². The van der Waals surface area contributed by atoms with Crippen LogP contribution < -0.4 is 0 Å². The number of fused-ring (bicyclic) bond motifs is 3. The highest BCUT2D eigenvalue weighted by molar-refractivity contribution is 5.97. The van der Waals surface area contributed by atoms with Crippen LogP contribution in [0.15, 0.2) is 43.6 Å². The topological polar surface area (TPSA) is 12.9 Å². The zero-order valence-electron chi connectivity index (χ0n) is 9.11. The third kappa shape index (κ3) is 1.09. The van der Waals surface area contributed by atoms with Crippen LogP contribution in [0.1, 0.15) is 23.2 Å². The summed E-state index contributed by atoms with van der Waals surface area (Å²) in [5.41, 5.74) is 6.00. The van der Waals surface area contributed by atoms with Gasteiger partial charge in [0, 0.05) is 17.7 Å². The van der Waals surface area contributed by atoms with E-state index in [0.29, 0.717) is 5.92 Å². The molecule has 16 heavy (non-hydrogen) atoms. The molecular weight excluding hydrogens is 194 g/mol. The SMILES string of the molecule is C=Cc1nccc2c1C(=C)C1CC=CC=C21. The van der Waals surface area contributed by atoms with Gasteiger partial charge in [-0.2, -0.15) is 0 Å². The summed E-state index contributed by atoms with van der Waals surface area (Å²) >= 11 is 0. The fraction of sp³-hybridized carbons (Fsp3) is 0.133. The second-order valence-corrected chi connectivity index (χ2v) is 4.19. The second kappa shape index (κ2) is 3.31. The van der Waals surface area contributed by atoms with Gasteiger partial charge in [0.05, 0.1) is 5.69 Å². The highest BCUT2D eigenvalue weighted by Gasteiger charge is 2.31. The molecule has 2 aliphatic carbocycles. The summed E-state index contributed by atoms with van der Waals surface area (Å²) in [6.07, 6.45) is 11.2. The third-order valence-electron chi connectivity index (χ3n) is 3.39. The maximum absolute atomic E-state index is 4.35. The molecule has 0 N–H and O–H groups in total. The number of allylic oxidation sites excluding steroid dienone is 5. The summed E-state index contributed by atoms with van der Waals surface area (Å²) in [7, 11) is 0.